The zero-order valence-electron chi connectivity index (χ0n) is 10.4. The van der Waals surface area contributed by atoms with Crippen LogP contribution in [0.1, 0.15) is 18.9 Å². The van der Waals surface area contributed by atoms with Crippen LogP contribution in [0.2, 0.25) is 0 Å². The average Bonchev–Trinajstić information content (AvgIpc) is 2.32. The number of ether oxygens (including phenoxy) is 2. The second-order valence-electron chi connectivity index (χ2n) is 3.98. The van der Waals surface area contributed by atoms with Crippen LogP contribution in [-0.4, -0.2) is 26.4 Å². The van der Waals surface area contributed by atoms with Gasteiger partial charge in [-0.2, -0.15) is 0 Å². The van der Waals surface area contributed by atoms with Crippen molar-refractivity contribution >= 4 is 0 Å². The number of benzene rings is 1. The van der Waals surface area contributed by atoms with Gasteiger partial charge in [0.2, 0.25) is 0 Å². The molecule has 0 aromatic heterocycles. The Labute approximate surface area is 102 Å². The molecule has 1 aromatic rings. The molecule has 1 aromatic carbocycles. The van der Waals surface area contributed by atoms with Gasteiger partial charge in [0, 0.05) is 13.2 Å². The molecule has 96 valence electrons. The van der Waals surface area contributed by atoms with E-state index in [0.29, 0.717) is 19.6 Å². The monoisotopic (exact) mass is 241 g/mol. The maximum atomic E-state index is 13.6. The van der Waals surface area contributed by atoms with E-state index in [-0.39, 0.29) is 17.6 Å². The third kappa shape index (κ3) is 4.71. The lowest BCUT2D eigenvalue weighted by atomic mass is 10.0. The van der Waals surface area contributed by atoms with Crippen molar-refractivity contribution in [2.45, 2.75) is 25.8 Å². The molecule has 0 radical (unpaired) electrons. The summed E-state index contributed by atoms with van der Waals surface area (Å²) in [4.78, 5) is 0. The summed E-state index contributed by atoms with van der Waals surface area (Å²) in [6, 6.07) is 5.05. The highest BCUT2D eigenvalue weighted by Crippen LogP contribution is 2.19. The first kappa shape index (κ1) is 13.9. The molecule has 1 atom stereocenters. The summed E-state index contributed by atoms with van der Waals surface area (Å²) in [7, 11) is 1.58. The molecule has 0 saturated heterocycles. The van der Waals surface area contributed by atoms with E-state index >= 15 is 0 Å². The molecule has 1 unspecified atom stereocenters. The molecule has 0 spiro atoms. The summed E-state index contributed by atoms with van der Waals surface area (Å²) in [6.45, 7) is 2.81. The molecule has 0 saturated carbocycles. The minimum absolute atomic E-state index is 0.0784. The van der Waals surface area contributed by atoms with Crippen LogP contribution in [0.4, 0.5) is 4.39 Å². The van der Waals surface area contributed by atoms with Crippen LogP contribution < -0.4 is 10.5 Å². The van der Waals surface area contributed by atoms with E-state index in [4.69, 9.17) is 15.2 Å². The fourth-order valence-electron chi connectivity index (χ4n) is 1.47. The average molecular weight is 241 g/mol. The number of hydrogen-bond acceptors (Lipinski definition) is 3. The summed E-state index contributed by atoms with van der Waals surface area (Å²) in [5.41, 5.74) is 6.72. The number of halogens is 1. The van der Waals surface area contributed by atoms with Crippen LogP contribution in [0.15, 0.2) is 18.2 Å². The van der Waals surface area contributed by atoms with Crippen LogP contribution in [0.25, 0.3) is 0 Å². The molecule has 0 bridgehead atoms. The number of hydrogen-bond donors (Lipinski definition) is 1. The summed E-state index contributed by atoms with van der Waals surface area (Å²) < 4.78 is 23.7. The van der Waals surface area contributed by atoms with Crippen molar-refractivity contribution in [1.29, 1.82) is 0 Å². The first-order valence-electron chi connectivity index (χ1n) is 5.83. The zero-order chi connectivity index (χ0) is 12.7. The molecule has 2 N–H and O–H groups in total. The minimum Gasteiger partial charge on any atom is -0.488 e. The molecule has 17 heavy (non-hydrogen) atoms. The predicted octanol–water partition coefficient (Wildman–Crippen LogP) is 2.13. The summed E-state index contributed by atoms with van der Waals surface area (Å²) in [5.74, 6) is -0.0854. The van der Waals surface area contributed by atoms with E-state index in [1.54, 1.807) is 13.2 Å². The standard InChI is InChI=1S/C13H20FNO2/c1-3-11(15)8-10-4-5-13(12(14)9-10)17-7-6-16-2/h4-5,9,11H,3,6-8,15H2,1-2H3. The molecule has 3 nitrogen and oxygen atoms in total. The van der Waals surface area contributed by atoms with Gasteiger partial charge < -0.3 is 15.2 Å². The number of rotatable bonds is 7. The Bertz CT molecular complexity index is 344. The Kier molecular flexibility index (Phi) is 5.94. The topological polar surface area (TPSA) is 44.5 Å². The highest BCUT2D eigenvalue weighted by Gasteiger charge is 2.07. The third-order valence-corrected chi connectivity index (χ3v) is 2.56. The van der Waals surface area contributed by atoms with Crippen LogP contribution in [-0.2, 0) is 11.2 Å². The fourth-order valence-corrected chi connectivity index (χ4v) is 1.47. The van der Waals surface area contributed by atoms with Crippen LogP contribution in [0.3, 0.4) is 0 Å². The first-order chi connectivity index (χ1) is 8.17. The van der Waals surface area contributed by atoms with Crippen molar-refractivity contribution in [2.75, 3.05) is 20.3 Å². The Hall–Kier alpha value is -1.13. The normalized spacial score (nSPS) is 12.5. The van der Waals surface area contributed by atoms with Gasteiger partial charge in [0.15, 0.2) is 11.6 Å². The Balaban J connectivity index is 2.59. The Morgan fingerprint density at radius 3 is 2.71 bits per heavy atom. The van der Waals surface area contributed by atoms with Gasteiger partial charge in [-0.1, -0.05) is 13.0 Å². The Morgan fingerprint density at radius 2 is 2.12 bits per heavy atom. The highest BCUT2D eigenvalue weighted by atomic mass is 19.1. The molecule has 1 rings (SSSR count). The SMILES string of the molecule is CCC(N)Cc1ccc(OCCOC)c(F)c1. The summed E-state index contributed by atoms with van der Waals surface area (Å²) >= 11 is 0. The van der Waals surface area contributed by atoms with Gasteiger partial charge in [-0.3, -0.25) is 0 Å². The summed E-state index contributed by atoms with van der Waals surface area (Å²) in [5, 5.41) is 0. The van der Waals surface area contributed by atoms with Crippen LogP contribution >= 0.6 is 0 Å². The quantitative estimate of drug-likeness (QED) is 0.744. The van der Waals surface area contributed by atoms with E-state index in [1.165, 1.54) is 6.07 Å². The van der Waals surface area contributed by atoms with Gasteiger partial charge in [0.05, 0.1) is 6.61 Å². The van der Waals surface area contributed by atoms with Crippen molar-refractivity contribution < 1.29 is 13.9 Å². The van der Waals surface area contributed by atoms with Crippen molar-refractivity contribution in [3.05, 3.63) is 29.6 Å². The van der Waals surface area contributed by atoms with Gasteiger partial charge in [-0.25, -0.2) is 4.39 Å². The van der Waals surface area contributed by atoms with Gasteiger partial charge in [-0.15, -0.1) is 0 Å². The molecular formula is C13H20FNO2. The molecule has 0 heterocycles. The van der Waals surface area contributed by atoms with E-state index in [9.17, 15) is 4.39 Å². The zero-order valence-corrected chi connectivity index (χ0v) is 10.4. The minimum atomic E-state index is -0.345. The van der Waals surface area contributed by atoms with E-state index in [0.717, 1.165) is 12.0 Å². The van der Waals surface area contributed by atoms with Gasteiger partial charge >= 0.3 is 0 Å². The van der Waals surface area contributed by atoms with Gasteiger partial charge in [0.1, 0.15) is 6.61 Å². The lowest BCUT2D eigenvalue weighted by Crippen LogP contribution is -2.21. The lowest BCUT2D eigenvalue weighted by Gasteiger charge is -2.11. The fraction of sp³-hybridized carbons (Fsp3) is 0.538. The number of nitrogens with two attached hydrogens (primary N) is 1. The predicted molar refractivity (Wildman–Crippen MR) is 65.7 cm³/mol. The molecule has 4 heteroatoms. The third-order valence-electron chi connectivity index (χ3n) is 2.56. The van der Waals surface area contributed by atoms with E-state index in [2.05, 4.69) is 0 Å². The van der Waals surface area contributed by atoms with Crippen molar-refractivity contribution in [3.63, 3.8) is 0 Å². The van der Waals surface area contributed by atoms with Gasteiger partial charge in [0.25, 0.3) is 0 Å². The second-order valence-corrected chi connectivity index (χ2v) is 3.98. The van der Waals surface area contributed by atoms with Crippen LogP contribution in [0.5, 0.6) is 5.75 Å². The van der Waals surface area contributed by atoms with Crippen molar-refractivity contribution in [2.24, 2.45) is 5.73 Å². The largest absolute Gasteiger partial charge is 0.488 e. The highest BCUT2D eigenvalue weighted by molar-refractivity contribution is 5.29. The molecule has 0 aliphatic heterocycles. The first-order valence-corrected chi connectivity index (χ1v) is 5.83. The molecule has 0 amide bonds. The number of methoxy groups -OCH3 is 1. The molecule has 0 fully saturated rings. The molecule has 0 aliphatic rings. The van der Waals surface area contributed by atoms with E-state index in [1.807, 2.05) is 13.0 Å². The van der Waals surface area contributed by atoms with Crippen molar-refractivity contribution in [1.82, 2.24) is 0 Å². The summed E-state index contributed by atoms with van der Waals surface area (Å²) in [6.07, 6.45) is 1.57. The van der Waals surface area contributed by atoms with Gasteiger partial charge in [-0.05, 0) is 30.5 Å². The lowest BCUT2D eigenvalue weighted by molar-refractivity contribution is 0.144. The maximum absolute atomic E-state index is 13.6. The smallest absolute Gasteiger partial charge is 0.165 e. The Morgan fingerprint density at radius 1 is 1.35 bits per heavy atom. The van der Waals surface area contributed by atoms with Crippen LogP contribution in [0, 0.1) is 5.82 Å². The second kappa shape index (κ2) is 7.25. The van der Waals surface area contributed by atoms with E-state index < -0.39 is 0 Å². The maximum Gasteiger partial charge on any atom is 0.165 e. The van der Waals surface area contributed by atoms with Crippen molar-refractivity contribution in [3.8, 4) is 5.75 Å². The molecular weight excluding hydrogens is 221 g/mol. The molecule has 0 aliphatic carbocycles.